The van der Waals surface area contributed by atoms with E-state index in [4.69, 9.17) is 4.74 Å². The summed E-state index contributed by atoms with van der Waals surface area (Å²) in [7, 11) is 0. The Labute approximate surface area is 139 Å². The van der Waals surface area contributed by atoms with Crippen LogP contribution in [0.5, 0.6) is 0 Å². The number of hydrogen-bond acceptors (Lipinski definition) is 3. The molecule has 2 saturated carbocycles. The molecule has 5 atom stereocenters. The highest BCUT2D eigenvalue weighted by Crippen LogP contribution is 2.64. The maximum Gasteiger partial charge on any atom is 0.310 e. The lowest BCUT2D eigenvalue weighted by atomic mass is 9.50. The molecular weight excluding hydrogens is 288 g/mol. The van der Waals surface area contributed by atoms with Crippen molar-refractivity contribution in [2.75, 3.05) is 0 Å². The van der Waals surface area contributed by atoms with Gasteiger partial charge in [0, 0.05) is 5.41 Å². The molecule has 0 spiro atoms. The lowest BCUT2D eigenvalue weighted by molar-refractivity contribution is -0.223. The van der Waals surface area contributed by atoms with E-state index in [1.54, 1.807) is 5.57 Å². The fourth-order valence-electron chi connectivity index (χ4n) is 6.46. The minimum atomic E-state index is -1.71. The molecule has 2 N–H and O–H groups in total. The van der Waals surface area contributed by atoms with E-state index in [2.05, 4.69) is 26.0 Å². The zero-order valence-electron chi connectivity index (χ0n) is 14.4. The summed E-state index contributed by atoms with van der Waals surface area (Å²) in [4.78, 5) is 0. The predicted octanol–water partition coefficient (Wildman–Crippen LogP) is 4.12. The van der Waals surface area contributed by atoms with E-state index in [1.165, 1.54) is 44.9 Å². The standard InChI is InChI=1S/C20H30O3/c1-19-11-4-6-15(19)14-9-8-13-5-3-7-17(23-18(21)22)20(13,2)16(14)10-12-19/h7,10,13-15,18,21-22H,3-6,8-9,11-12H2,1-2H3/t13?,14-,15-,19-,20-/m0/s1. The first kappa shape index (κ1) is 15.7. The molecule has 0 heterocycles. The van der Waals surface area contributed by atoms with E-state index in [0.717, 1.165) is 18.1 Å². The van der Waals surface area contributed by atoms with Crippen molar-refractivity contribution in [3.8, 4) is 0 Å². The molecule has 0 amide bonds. The first-order chi connectivity index (χ1) is 10.9. The molecule has 1 unspecified atom stereocenters. The van der Waals surface area contributed by atoms with Crippen LogP contribution < -0.4 is 0 Å². The number of ether oxygens (including phenoxy) is 1. The predicted molar refractivity (Wildman–Crippen MR) is 89.1 cm³/mol. The van der Waals surface area contributed by atoms with Gasteiger partial charge >= 0.3 is 6.48 Å². The van der Waals surface area contributed by atoms with Gasteiger partial charge in [0.1, 0.15) is 5.76 Å². The molecule has 2 fully saturated rings. The topological polar surface area (TPSA) is 49.7 Å². The van der Waals surface area contributed by atoms with Crippen LogP contribution in [0.1, 0.15) is 65.2 Å². The molecule has 0 radical (unpaired) electrons. The Morgan fingerprint density at radius 3 is 2.74 bits per heavy atom. The summed E-state index contributed by atoms with van der Waals surface area (Å²) < 4.78 is 5.48. The number of fused-ring (bicyclic) bond motifs is 5. The van der Waals surface area contributed by atoms with Crippen LogP contribution in [-0.4, -0.2) is 16.7 Å². The Balaban J connectivity index is 1.74. The molecule has 0 aromatic rings. The minimum Gasteiger partial charge on any atom is -0.445 e. The summed E-state index contributed by atoms with van der Waals surface area (Å²) in [5.41, 5.74) is 1.91. The smallest absolute Gasteiger partial charge is 0.310 e. The Bertz CT molecular complexity index is 549. The van der Waals surface area contributed by atoms with Gasteiger partial charge in [0.05, 0.1) is 0 Å². The third kappa shape index (κ3) is 2.23. The van der Waals surface area contributed by atoms with Crippen LogP contribution in [-0.2, 0) is 4.74 Å². The van der Waals surface area contributed by atoms with E-state index in [9.17, 15) is 10.2 Å². The maximum absolute atomic E-state index is 9.37. The zero-order chi connectivity index (χ0) is 16.2. The van der Waals surface area contributed by atoms with Gasteiger partial charge in [-0.25, -0.2) is 0 Å². The van der Waals surface area contributed by atoms with Crippen LogP contribution in [0.3, 0.4) is 0 Å². The summed E-state index contributed by atoms with van der Waals surface area (Å²) in [5.74, 6) is 2.86. The quantitative estimate of drug-likeness (QED) is 0.595. The first-order valence-electron chi connectivity index (χ1n) is 9.39. The van der Waals surface area contributed by atoms with Gasteiger partial charge in [0.25, 0.3) is 0 Å². The number of aliphatic hydroxyl groups excluding tert-OH is 1. The number of hydrogen-bond donors (Lipinski definition) is 2. The highest BCUT2D eigenvalue weighted by Gasteiger charge is 2.55. The molecule has 0 aromatic heterocycles. The third-order valence-electron chi connectivity index (χ3n) is 7.66. The van der Waals surface area contributed by atoms with Crippen LogP contribution >= 0.6 is 0 Å². The molecule has 4 aliphatic carbocycles. The van der Waals surface area contributed by atoms with Crippen molar-refractivity contribution in [1.29, 1.82) is 0 Å². The van der Waals surface area contributed by atoms with Crippen LogP contribution in [0.4, 0.5) is 0 Å². The van der Waals surface area contributed by atoms with E-state index in [-0.39, 0.29) is 5.41 Å². The summed E-state index contributed by atoms with van der Waals surface area (Å²) in [6, 6.07) is 0. The van der Waals surface area contributed by atoms with Gasteiger partial charge in [-0.1, -0.05) is 25.0 Å². The van der Waals surface area contributed by atoms with Crippen LogP contribution in [0.15, 0.2) is 23.5 Å². The van der Waals surface area contributed by atoms with E-state index >= 15 is 0 Å². The Morgan fingerprint density at radius 1 is 1.13 bits per heavy atom. The highest BCUT2D eigenvalue weighted by atomic mass is 16.7. The minimum absolute atomic E-state index is 0.130. The second-order valence-corrected chi connectivity index (χ2v) is 8.69. The molecule has 23 heavy (non-hydrogen) atoms. The summed E-state index contributed by atoms with van der Waals surface area (Å²) in [5, 5.41) is 18.7. The summed E-state index contributed by atoms with van der Waals surface area (Å²) >= 11 is 0. The molecule has 0 saturated heterocycles. The number of allylic oxidation sites excluding steroid dienone is 3. The van der Waals surface area contributed by atoms with Crippen LogP contribution in [0.2, 0.25) is 0 Å². The van der Waals surface area contributed by atoms with E-state index in [0.29, 0.717) is 17.3 Å². The molecule has 0 aromatic carbocycles. The number of aliphatic hydroxyl groups is 2. The molecule has 128 valence electrons. The SMILES string of the molecule is C[C@]12C(OC(O)O)=CCCC1CC[C@@H]1C2=CC[C@]2(C)CCC[C@@H]12. The lowest BCUT2D eigenvalue weighted by Gasteiger charge is -2.55. The normalized spacial score (nSPS) is 45.7. The Hall–Kier alpha value is -0.800. The molecule has 4 rings (SSSR count). The van der Waals surface area contributed by atoms with Gasteiger partial charge in [-0.05, 0) is 81.1 Å². The van der Waals surface area contributed by atoms with Crippen molar-refractivity contribution in [1.82, 2.24) is 0 Å². The van der Waals surface area contributed by atoms with Gasteiger partial charge in [0.2, 0.25) is 0 Å². The van der Waals surface area contributed by atoms with Gasteiger partial charge < -0.3 is 14.9 Å². The average Bonchev–Trinajstić information content (AvgIpc) is 2.89. The zero-order valence-corrected chi connectivity index (χ0v) is 14.4. The molecule has 4 aliphatic rings. The fraction of sp³-hybridized carbons (Fsp3) is 0.800. The second-order valence-electron chi connectivity index (χ2n) is 8.69. The molecule has 3 nitrogen and oxygen atoms in total. The molecule has 3 heteroatoms. The third-order valence-corrected chi connectivity index (χ3v) is 7.66. The van der Waals surface area contributed by atoms with Gasteiger partial charge in [-0.15, -0.1) is 0 Å². The lowest BCUT2D eigenvalue weighted by Crippen LogP contribution is -2.47. The number of rotatable bonds is 2. The van der Waals surface area contributed by atoms with Crippen molar-refractivity contribution < 1.29 is 14.9 Å². The average molecular weight is 318 g/mol. The Morgan fingerprint density at radius 2 is 1.96 bits per heavy atom. The van der Waals surface area contributed by atoms with E-state index in [1.807, 2.05) is 0 Å². The fourth-order valence-corrected chi connectivity index (χ4v) is 6.46. The van der Waals surface area contributed by atoms with Crippen LogP contribution in [0.25, 0.3) is 0 Å². The maximum atomic E-state index is 9.37. The van der Waals surface area contributed by atoms with Crippen molar-refractivity contribution >= 4 is 0 Å². The van der Waals surface area contributed by atoms with Gasteiger partial charge in [-0.2, -0.15) is 0 Å². The molecule has 0 bridgehead atoms. The summed E-state index contributed by atoms with van der Waals surface area (Å²) in [6.07, 6.45) is 14.6. The molecular formula is C20H30O3. The second kappa shape index (κ2) is 5.35. The van der Waals surface area contributed by atoms with Crippen molar-refractivity contribution in [2.24, 2.45) is 28.6 Å². The Kier molecular flexibility index (Phi) is 3.66. The van der Waals surface area contributed by atoms with Crippen molar-refractivity contribution in [2.45, 2.75) is 71.7 Å². The van der Waals surface area contributed by atoms with Crippen molar-refractivity contribution in [3.05, 3.63) is 23.5 Å². The largest absolute Gasteiger partial charge is 0.445 e. The first-order valence-corrected chi connectivity index (χ1v) is 9.39. The van der Waals surface area contributed by atoms with Crippen LogP contribution in [0, 0.1) is 28.6 Å². The highest BCUT2D eigenvalue weighted by molar-refractivity contribution is 5.35. The van der Waals surface area contributed by atoms with Gasteiger partial charge in [0.15, 0.2) is 0 Å². The van der Waals surface area contributed by atoms with Crippen molar-refractivity contribution in [3.63, 3.8) is 0 Å². The van der Waals surface area contributed by atoms with E-state index < -0.39 is 6.48 Å². The summed E-state index contributed by atoms with van der Waals surface area (Å²) in [6.45, 7) is 3.07. The monoisotopic (exact) mass is 318 g/mol. The van der Waals surface area contributed by atoms with Gasteiger partial charge in [-0.3, -0.25) is 0 Å². The molecule has 0 aliphatic heterocycles.